The van der Waals surface area contributed by atoms with Gasteiger partial charge in [0.2, 0.25) is 0 Å². The Balaban J connectivity index is 1.67. The van der Waals surface area contributed by atoms with E-state index in [0.717, 1.165) is 22.4 Å². The summed E-state index contributed by atoms with van der Waals surface area (Å²) in [5, 5.41) is 12.5. The SMILES string of the molecule is Cc1cc(O)ccc1NC=CC(=O)c1ccc(-c2ccccc2)cc1. The summed E-state index contributed by atoms with van der Waals surface area (Å²) in [6.45, 7) is 1.89. The number of aryl methyl sites for hydroxylation is 1. The molecule has 0 amide bonds. The summed E-state index contributed by atoms with van der Waals surface area (Å²) < 4.78 is 0. The Hall–Kier alpha value is -3.33. The Morgan fingerprint density at radius 3 is 2.28 bits per heavy atom. The standard InChI is InChI=1S/C22H19NO2/c1-16-15-20(24)11-12-21(16)23-14-13-22(25)19-9-7-18(8-10-19)17-5-3-2-4-6-17/h2-15,23-24H,1H3. The molecule has 0 aliphatic heterocycles. The summed E-state index contributed by atoms with van der Waals surface area (Å²) in [6, 6.07) is 22.7. The van der Waals surface area contributed by atoms with Gasteiger partial charge >= 0.3 is 0 Å². The average molecular weight is 329 g/mol. The van der Waals surface area contributed by atoms with Crippen LogP contribution in [-0.4, -0.2) is 10.9 Å². The van der Waals surface area contributed by atoms with Crippen molar-refractivity contribution in [3.05, 3.63) is 96.2 Å². The van der Waals surface area contributed by atoms with E-state index in [-0.39, 0.29) is 11.5 Å². The molecule has 0 spiro atoms. The molecule has 3 heteroatoms. The van der Waals surface area contributed by atoms with Gasteiger partial charge in [0.1, 0.15) is 5.75 Å². The van der Waals surface area contributed by atoms with Gasteiger partial charge < -0.3 is 10.4 Å². The maximum atomic E-state index is 12.3. The van der Waals surface area contributed by atoms with Crippen LogP contribution in [0.4, 0.5) is 5.69 Å². The van der Waals surface area contributed by atoms with E-state index in [1.54, 1.807) is 24.4 Å². The van der Waals surface area contributed by atoms with E-state index in [2.05, 4.69) is 5.32 Å². The minimum Gasteiger partial charge on any atom is -0.508 e. The first-order valence-electron chi connectivity index (χ1n) is 8.06. The molecule has 0 aliphatic carbocycles. The Morgan fingerprint density at radius 1 is 0.920 bits per heavy atom. The van der Waals surface area contributed by atoms with Crippen molar-refractivity contribution in [2.45, 2.75) is 6.92 Å². The van der Waals surface area contributed by atoms with Crippen LogP contribution in [0.15, 0.2) is 85.1 Å². The number of ketones is 1. The lowest BCUT2D eigenvalue weighted by atomic mass is 10.0. The summed E-state index contributed by atoms with van der Waals surface area (Å²) >= 11 is 0. The van der Waals surface area contributed by atoms with Crippen molar-refractivity contribution in [3.63, 3.8) is 0 Å². The van der Waals surface area contributed by atoms with E-state index in [9.17, 15) is 9.90 Å². The first kappa shape index (κ1) is 16.5. The van der Waals surface area contributed by atoms with Crippen molar-refractivity contribution >= 4 is 11.5 Å². The molecular formula is C22H19NO2. The molecular weight excluding hydrogens is 310 g/mol. The molecule has 0 heterocycles. The van der Waals surface area contributed by atoms with Crippen LogP contribution in [0.1, 0.15) is 15.9 Å². The molecule has 3 nitrogen and oxygen atoms in total. The Kier molecular flexibility index (Phi) is 4.95. The first-order chi connectivity index (χ1) is 12.1. The molecule has 25 heavy (non-hydrogen) atoms. The van der Waals surface area contributed by atoms with Crippen LogP contribution >= 0.6 is 0 Å². The largest absolute Gasteiger partial charge is 0.508 e. The van der Waals surface area contributed by atoms with Gasteiger partial charge in [0.15, 0.2) is 5.78 Å². The normalized spacial score (nSPS) is 10.8. The molecule has 0 aromatic heterocycles. The summed E-state index contributed by atoms with van der Waals surface area (Å²) in [5.74, 6) is 0.158. The number of hydrogen-bond acceptors (Lipinski definition) is 3. The van der Waals surface area contributed by atoms with Crippen molar-refractivity contribution in [1.29, 1.82) is 0 Å². The second-order valence-corrected chi connectivity index (χ2v) is 5.78. The van der Waals surface area contributed by atoms with Gasteiger partial charge in [-0.2, -0.15) is 0 Å². The number of carbonyl (C=O) groups is 1. The fourth-order valence-corrected chi connectivity index (χ4v) is 2.57. The van der Waals surface area contributed by atoms with Crippen LogP contribution in [0.3, 0.4) is 0 Å². The summed E-state index contributed by atoms with van der Waals surface area (Å²) in [6.07, 6.45) is 3.12. The van der Waals surface area contributed by atoms with Gasteiger partial charge in [-0.05, 0) is 41.8 Å². The zero-order valence-corrected chi connectivity index (χ0v) is 13.9. The van der Waals surface area contributed by atoms with Gasteiger partial charge in [0.05, 0.1) is 0 Å². The number of phenolic OH excluding ortho intramolecular Hbond substituents is 1. The lowest BCUT2D eigenvalue weighted by molar-refractivity contribution is 0.104. The van der Waals surface area contributed by atoms with Crippen LogP contribution in [0.25, 0.3) is 11.1 Å². The third-order valence-electron chi connectivity index (χ3n) is 3.96. The summed E-state index contributed by atoms with van der Waals surface area (Å²) in [7, 11) is 0. The highest BCUT2D eigenvalue weighted by Crippen LogP contribution is 2.21. The van der Waals surface area contributed by atoms with Crippen LogP contribution in [0, 0.1) is 6.92 Å². The van der Waals surface area contributed by atoms with E-state index in [4.69, 9.17) is 0 Å². The molecule has 0 saturated carbocycles. The highest BCUT2D eigenvalue weighted by Gasteiger charge is 2.03. The summed E-state index contributed by atoms with van der Waals surface area (Å²) in [5.41, 5.74) is 4.60. The van der Waals surface area contributed by atoms with Gasteiger partial charge in [-0.3, -0.25) is 4.79 Å². The maximum absolute atomic E-state index is 12.3. The number of aromatic hydroxyl groups is 1. The second-order valence-electron chi connectivity index (χ2n) is 5.78. The lowest BCUT2D eigenvalue weighted by Crippen LogP contribution is -1.97. The molecule has 3 aromatic carbocycles. The predicted molar refractivity (Wildman–Crippen MR) is 102 cm³/mol. The zero-order chi connectivity index (χ0) is 17.6. The number of allylic oxidation sites excluding steroid dienone is 1. The molecule has 0 bridgehead atoms. The van der Waals surface area contributed by atoms with E-state index in [1.807, 2.05) is 61.5 Å². The van der Waals surface area contributed by atoms with E-state index >= 15 is 0 Å². The smallest absolute Gasteiger partial charge is 0.187 e. The molecule has 2 N–H and O–H groups in total. The molecule has 0 fully saturated rings. The van der Waals surface area contributed by atoms with Crippen molar-refractivity contribution in [3.8, 4) is 16.9 Å². The molecule has 0 unspecified atom stereocenters. The first-order valence-corrected chi connectivity index (χ1v) is 8.06. The minimum absolute atomic E-state index is 0.0662. The maximum Gasteiger partial charge on any atom is 0.187 e. The average Bonchev–Trinajstić information content (AvgIpc) is 2.64. The summed E-state index contributed by atoms with van der Waals surface area (Å²) in [4.78, 5) is 12.3. The van der Waals surface area contributed by atoms with Gasteiger partial charge in [-0.1, -0.05) is 54.6 Å². The number of benzene rings is 3. The fourth-order valence-electron chi connectivity index (χ4n) is 2.57. The van der Waals surface area contributed by atoms with Crippen LogP contribution in [-0.2, 0) is 0 Å². The van der Waals surface area contributed by atoms with Gasteiger partial charge in [-0.15, -0.1) is 0 Å². The highest BCUT2D eigenvalue weighted by molar-refractivity contribution is 6.04. The fraction of sp³-hybridized carbons (Fsp3) is 0.0455. The number of phenols is 1. The quantitative estimate of drug-likeness (QED) is 0.385. The van der Waals surface area contributed by atoms with Crippen LogP contribution in [0.5, 0.6) is 5.75 Å². The highest BCUT2D eigenvalue weighted by atomic mass is 16.3. The Bertz CT molecular complexity index is 897. The molecule has 3 aromatic rings. The Labute approximate surface area is 147 Å². The molecule has 0 aliphatic rings. The lowest BCUT2D eigenvalue weighted by Gasteiger charge is -2.05. The number of hydrogen-bond donors (Lipinski definition) is 2. The topological polar surface area (TPSA) is 49.3 Å². The van der Waals surface area contributed by atoms with Gasteiger partial charge in [0, 0.05) is 23.5 Å². The van der Waals surface area contributed by atoms with Crippen molar-refractivity contribution in [2.75, 3.05) is 5.32 Å². The van der Waals surface area contributed by atoms with E-state index in [1.165, 1.54) is 6.08 Å². The molecule has 0 atom stereocenters. The third-order valence-corrected chi connectivity index (χ3v) is 3.96. The van der Waals surface area contributed by atoms with Crippen LogP contribution < -0.4 is 5.32 Å². The predicted octanol–water partition coefficient (Wildman–Crippen LogP) is 5.18. The third kappa shape index (κ3) is 4.15. The van der Waals surface area contributed by atoms with Crippen molar-refractivity contribution in [2.24, 2.45) is 0 Å². The zero-order valence-electron chi connectivity index (χ0n) is 13.9. The van der Waals surface area contributed by atoms with E-state index < -0.39 is 0 Å². The van der Waals surface area contributed by atoms with Gasteiger partial charge in [-0.25, -0.2) is 0 Å². The van der Waals surface area contributed by atoms with E-state index in [0.29, 0.717) is 5.56 Å². The molecule has 0 radical (unpaired) electrons. The molecule has 3 rings (SSSR count). The van der Waals surface area contributed by atoms with Crippen LogP contribution in [0.2, 0.25) is 0 Å². The molecule has 0 saturated heterocycles. The van der Waals surface area contributed by atoms with Gasteiger partial charge in [0.25, 0.3) is 0 Å². The number of nitrogens with one attached hydrogen (secondary N) is 1. The van der Waals surface area contributed by atoms with Crippen molar-refractivity contribution < 1.29 is 9.90 Å². The minimum atomic E-state index is -0.0662. The number of rotatable bonds is 5. The number of carbonyl (C=O) groups excluding carboxylic acids is 1. The Morgan fingerprint density at radius 2 is 1.60 bits per heavy atom. The second kappa shape index (κ2) is 7.49. The molecule has 124 valence electrons. The van der Waals surface area contributed by atoms with Crippen molar-refractivity contribution in [1.82, 2.24) is 0 Å². The number of anilines is 1. The monoisotopic (exact) mass is 329 g/mol.